The second-order valence-electron chi connectivity index (χ2n) is 8.98. The Labute approximate surface area is 194 Å². The molecule has 2 fully saturated rings. The molecule has 1 saturated heterocycles. The van der Waals surface area contributed by atoms with Gasteiger partial charge >= 0.3 is 0 Å². The Hall–Kier alpha value is -3.37. The van der Waals surface area contributed by atoms with Crippen LogP contribution in [-0.4, -0.2) is 49.8 Å². The average molecular weight is 447 g/mol. The van der Waals surface area contributed by atoms with Gasteiger partial charge in [0, 0.05) is 37.8 Å². The van der Waals surface area contributed by atoms with E-state index in [0.29, 0.717) is 23.9 Å². The summed E-state index contributed by atoms with van der Waals surface area (Å²) in [6.07, 6.45) is 9.37. The number of aromatic hydroxyl groups is 1. The lowest BCUT2D eigenvalue weighted by molar-refractivity contribution is -0.122. The molecule has 1 aliphatic carbocycles. The Morgan fingerprint density at radius 1 is 1.18 bits per heavy atom. The zero-order valence-electron chi connectivity index (χ0n) is 18.7. The number of hydrogen-bond donors (Lipinski definition) is 4. The summed E-state index contributed by atoms with van der Waals surface area (Å²) in [5.41, 5.74) is 4.12. The number of rotatable bonds is 4. The number of benzene rings is 2. The van der Waals surface area contributed by atoms with Crippen LogP contribution in [0.2, 0.25) is 0 Å². The number of phenols is 1. The molecule has 172 valence electrons. The van der Waals surface area contributed by atoms with E-state index in [-0.39, 0.29) is 11.7 Å². The summed E-state index contributed by atoms with van der Waals surface area (Å²) in [4.78, 5) is 15.4. The first kappa shape index (κ1) is 21.5. The SMILES string of the molecule is C#Cc1ccc2c(c1)NCC(C(=O)Nc1cc(O)c(C3CCCC3)cc1N1CCNCC1)O2. The predicted molar refractivity (Wildman–Crippen MR) is 130 cm³/mol. The molecule has 7 heteroatoms. The molecule has 2 aromatic rings. The van der Waals surface area contributed by atoms with Crippen LogP contribution in [0.25, 0.3) is 0 Å². The molecule has 3 aliphatic rings. The number of nitrogens with one attached hydrogen (secondary N) is 3. The number of hydrogen-bond acceptors (Lipinski definition) is 6. The van der Waals surface area contributed by atoms with Crippen molar-refractivity contribution in [2.45, 2.75) is 37.7 Å². The molecule has 33 heavy (non-hydrogen) atoms. The van der Waals surface area contributed by atoms with E-state index in [2.05, 4.69) is 32.8 Å². The van der Waals surface area contributed by atoms with E-state index in [9.17, 15) is 9.90 Å². The summed E-state index contributed by atoms with van der Waals surface area (Å²) in [7, 11) is 0. The third kappa shape index (κ3) is 4.44. The molecule has 2 aliphatic heterocycles. The van der Waals surface area contributed by atoms with Crippen molar-refractivity contribution in [1.29, 1.82) is 0 Å². The van der Waals surface area contributed by atoms with Crippen molar-refractivity contribution in [2.75, 3.05) is 48.3 Å². The van der Waals surface area contributed by atoms with Crippen LogP contribution in [0.15, 0.2) is 30.3 Å². The Morgan fingerprint density at radius 2 is 1.97 bits per heavy atom. The van der Waals surface area contributed by atoms with Crippen molar-refractivity contribution in [2.24, 2.45) is 0 Å². The highest BCUT2D eigenvalue weighted by Gasteiger charge is 2.29. The van der Waals surface area contributed by atoms with Gasteiger partial charge in [-0.15, -0.1) is 6.42 Å². The van der Waals surface area contributed by atoms with E-state index in [1.54, 1.807) is 18.2 Å². The normalized spacial score (nSPS) is 20.3. The summed E-state index contributed by atoms with van der Waals surface area (Å²) < 4.78 is 5.96. The standard InChI is InChI=1S/C26H30N4O3/c1-2-17-7-8-24-21(13-17)28-16-25(33-24)26(32)29-20-15-23(31)19(18-5-3-4-6-18)14-22(20)30-11-9-27-10-12-30/h1,7-8,13-15,18,25,27-28,31H,3-6,9-12,16H2,(H,29,32). The second-order valence-corrected chi connectivity index (χ2v) is 8.98. The maximum Gasteiger partial charge on any atom is 0.267 e. The van der Waals surface area contributed by atoms with Gasteiger partial charge in [0.05, 0.1) is 23.6 Å². The molecule has 0 aromatic heterocycles. The molecule has 2 aromatic carbocycles. The Morgan fingerprint density at radius 3 is 2.73 bits per heavy atom. The fourth-order valence-electron chi connectivity index (χ4n) is 5.04. The predicted octanol–water partition coefficient (Wildman–Crippen LogP) is 3.25. The van der Waals surface area contributed by atoms with Crippen molar-refractivity contribution in [3.63, 3.8) is 0 Å². The highest BCUT2D eigenvalue weighted by molar-refractivity contribution is 5.98. The number of terminal acetylenes is 1. The molecule has 7 nitrogen and oxygen atoms in total. The first-order valence-electron chi connectivity index (χ1n) is 11.8. The van der Waals surface area contributed by atoms with Crippen molar-refractivity contribution in [3.05, 3.63) is 41.5 Å². The molecule has 4 N–H and O–H groups in total. The number of piperazine rings is 1. The number of fused-ring (bicyclic) bond motifs is 1. The molecule has 1 saturated carbocycles. The van der Waals surface area contributed by atoms with Gasteiger partial charge in [-0.05, 0) is 48.6 Å². The van der Waals surface area contributed by atoms with Gasteiger partial charge in [-0.25, -0.2) is 0 Å². The summed E-state index contributed by atoms with van der Waals surface area (Å²) >= 11 is 0. The maximum atomic E-state index is 13.2. The van der Waals surface area contributed by atoms with Crippen LogP contribution in [0.1, 0.15) is 42.7 Å². The van der Waals surface area contributed by atoms with Crippen molar-refractivity contribution in [3.8, 4) is 23.8 Å². The highest BCUT2D eigenvalue weighted by Crippen LogP contribution is 2.43. The molecule has 5 rings (SSSR count). The minimum absolute atomic E-state index is 0.251. The number of phenolic OH excluding ortho intramolecular Hbond substituents is 1. The number of carbonyl (C=O) groups is 1. The smallest absolute Gasteiger partial charge is 0.267 e. The molecule has 1 amide bonds. The molecular weight excluding hydrogens is 416 g/mol. The molecular formula is C26H30N4O3. The van der Waals surface area contributed by atoms with Crippen molar-refractivity contribution >= 4 is 23.0 Å². The Kier molecular flexibility index (Phi) is 6.01. The van der Waals surface area contributed by atoms with E-state index in [0.717, 1.165) is 61.5 Å². The van der Waals surface area contributed by atoms with E-state index in [1.807, 2.05) is 6.07 Å². The lowest BCUT2D eigenvalue weighted by Gasteiger charge is -2.33. The minimum atomic E-state index is -0.693. The molecule has 2 heterocycles. The quantitative estimate of drug-likeness (QED) is 0.540. The van der Waals surface area contributed by atoms with Crippen LogP contribution in [0.3, 0.4) is 0 Å². The van der Waals surface area contributed by atoms with Gasteiger partial charge in [0.2, 0.25) is 0 Å². The second kappa shape index (κ2) is 9.24. The number of nitrogens with zero attached hydrogens (tertiary/aromatic N) is 1. The first-order chi connectivity index (χ1) is 16.1. The third-order valence-corrected chi connectivity index (χ3v) is 6.84. The zero-order valence-corrected chi connectivity index (χ0v) is 18.7. The molecule has 1 atom stereocenters. The average Bonchev–Trinajstić information content (AvgIpc) is 3.38. The van der Waals surface area contributed by atoms with Crippen molar-refractivity contribution in [1.82, 2.24) is 5.32 Å². The van der Waals surface area contributed by atoms with Crippen molar-refractivity contribution < 1.29 is 14.6 Å². The topological polar surface area (TPSA) is 85.9 Å². The number of carbonyl (C=O) groups excluding carboxylic acids is 1. The fourth-order valence-corrected chi connectivity index (χ4v) is 5.04. The van der Waals surface area contributed by atoms with E-state index in [4.69, 9.17) is 11.2 Å². The van der Waals surface area contributed by atoms with Gasteiger partial charge in [0.25, 0.3) is 5.91 Å². The summed E-state index contributed by atoms with van der Waals surface area (Å²) in [5.74, 6) is 3.59. The lowest BCUT2D eigenvalue weighted by Crippen LogP contribution is -2.44. The van der Waals surface area contributed by atoms with Crippen LogP contribution < -0.4 is 25.6 Å². The van der Waals surface area contributed by atoms with E-state index >= 15 is 0 Å². The van der Waals surface area contributed by atoms with E-state index < -0.39 is 6.10 Å². The van der Waals surface area contributed by atoms with Gasteiger partial charge in [-0.2, -0.15) is 0 Å². The zero-order chi connectivity index (χ0) is 22.8. The van der Waals surface area contributed by atoms with E-state index in [1.165, 1.54) is 12.8 Å². The number of ether oxygens (including phenoxy) is 1. The molecule has 0 radical (unpaired) electrons. The number of amides is 1. The highest BCUT2D eigenvalue weighted by atomic mass is 16.5. The summed E-state index contributed by atoms with van der Waals surface area (Å²) in [5, 5.41) is 20.5. The molecule has 1 unspecified atom stereocenters. The van der Waals surface area contributed by atoms with Crippen LogP contribution in [0, 0.1) is 12.3 Å². The van der Waals surface area contributed by atoms with Crippen LogP contribution in [0.4, 0.5) is 17.1 Å². The lowest BCUT2D eigenvalue weighted by atomic mass is 9.95. The van der Waals surface area contributed by atoms with Gasteiger partial charge in [0.1, 0.15) is 11.5 Å². The monoisotopic (exact) mass is 446 g/mol. The van der Waals surface area contributed by atoms with Crippen LogP contribution >= 0.6 is 0 Å². The fraction of sp³-hybridized carbons (Fsp3) is 0.423. The van der Waals surface area contributed by atoms with Gasteiger partial charge in [0.15, 0.2) is 6.10 Å². The first-order valence-corrected chi connectivity index (χ1v) is 11.8. The minimum Gasteiger partial charge on any atom is -0.508 e. The van der Waals surface area contributed by atoms with Gasteiger partial charge in [-0.1, -0.05) is 18.8 Å². The number of anilines is 3. The largest absolute Gasteiger partial charge is 0.508 e. The Balaban J connectivity index is 1.39. The molecule has 0 spiro atoms. The Bertz CT molecular complexity index is 1080. The summed E-state index contributed by atoms with van der Waals surface area (Å²) in [6, 6.07) is 9.22. The van der Waals surface area contributed by atoms with Gasteiger partial charge < -0.3 is 30.7 Å². The third-order valence-electron chi connectivity index (χ3n) is 6.84. The maximum absolute atomic E-state index is 13.2. The van der Waals surface area contributed by atoms with Gasteiger partial charge in [-0.3, -0.25) is 4.79 Å². The molecule has 0 bridgehead atoms. The van der Waals surface area contributed by atoms with Crippen LogP contribution in [-0.2, 0) is 4.79 Å². The van der Waals surface area contributed by atoms with Crippen LogP contribution in [0.5, 0.6) is 11.5 Å². The summed E-state index contributed by atoms with van der Waals surface area (Å²) in [6.45, 7) is 3.81.